The van der Waals surface area contributed by atoms with Gasteiger partial charge < -0.3 is 0 Å². The number of rotatable bonds is 3. The van der Waals surface area contributed by atoms with E-state index in [2.05, 4.69) is 48.8 Å². The van der Waals surface area contributed by atoms with Crippen LogP contribution in [0.5, 0.6) is 0 Å². The molecule has 0 aliphatic rings. The maximum atomic E-state index is 11.0. The van der Waals surface area contributed by atoms with Gasteiger partial charge in [0.15, 0.2) is 0 Å². The second-order valence-electron chi connectivity index (χ2n) is 5.09. The number of aryl methyl sites for hydroxylation is 1. The van der Waals surface area contributed by atoms with E-state index >= 15 is 0 Å². The minimum absolute atomic E-state index is 0.0920. The summed E-state index contributed by atoms with van der Waals surface area (Å²) in [5, 5.41) is 8.45. The van der Waals surface area contributed by atoms with Crippen LogP contribution in [0.1, 0.15) is 38.3 Å². The predicted octanol–water partition coefficient (Wildman–Crippen LogP) is 3.18. The Bertz CT molecular complexity index is 410. The van der Waals surface area contributed by atoms with Gasteiger partial charge in [-0.3, -0.25) is 10.0 Å². The van der Waals surface area contributed by atoms with Crippen molar-refractivity contribution in [1.29, 1.82) is 0 Å². The number of carbonyl (C=O) groups is 1. The zero-order valence-electron chi connectivity index (χ0n) is 10.4. The Morgan fingerprint density at radius 2 is 2.06 bits per heavy atom. The molecule has 17 heavy (non-hydrogen) atoms. The molecule has 0 heterocycles. The standard InChI is InChI=1S/C13H18BrNO2/c1-13(2,3)10-5-6-11(14)9(8-10)4-7-12(16)15-17/h5-6,8,17H,4,7H2,1-3H3,(H,15,16). The number of halogens is 1. The molecule has 0 spiro atoms. The third-order valence-electron chi connectivity index (χ3n) is 2.66. The summed E-state index contributed by atoms with van der Waals surface area (Å²) in [6.45, 7) is 6.46. The lowest BCUT2D eigenvalue weighted by molar-refractivity contribution is -0.129. The molecule has 0 atom stereocenters. The fourth-order valence-corrected chi connectivity index (χ4v) is 1.98. The summed E-state index contributed by atoms with van der Waals surface area (Å²) < 4.78 is 0.997. The fourth-order valence-electron chi connectivity index (χ4n) is 1.54. The second-order valence-corrected chi connectivity index (χ2v) is 5.95. The van der Waals surface area contributed by atoms with Crippen LogP contribution in [0.3, 0.4) is 0 Å². The van der Waals surface area contributed by atoms with Crippen LogP contribution < -0.4 is 5.48 Å². The van der Waals surface area contributed by atoms with Crippen molar-refractivity contribution >= 4 is 21.8 Å². The van der Waals surface area contributed by atoms with Crippen molar-refractivity contribution in [2.75, 3.05) is 0 Å². The van der Waals surface area contributed by atoms with E-state index in [1.54, 1.807) is 5.48 Å². The van der Waals surface area contributed by atoms with E-state index in [0.29, 0.717) is 6.42 Å². The topological polar surface area (TPSA) is 49.3 Å². The molecule has 1 aromatic carbocycles. The first-order chi connectivity index (χ1) is 7.84. The lowest BCUT2D eigenvalue weighted by Gasteiger charge is -2.20. The SMILES string of the molecule is CC(C)(C)c1ccc(Br)c(CCC(=O)NO)c1. The third kappa shape index (κ3) is 4.13. The summed E-state index contributed by atoms with van der Waals surface area (Å²) in [5.74, 6) is -0.363. The number of amides is 1. The van der Waals surface area contributed by atoms with Gasteiger partial charge in [-0.15, -0.1) is 0 Å². The minimum atomic E-state index is -0.363. The summed E-state index contributed by atoms with van der Waals surface area (Å²) in [6.07, 6.45) is 0.888. The first-order valence-corrected chi connectivity index (χ1v) is 6.35. The molecule has 0 aliphatic carbocycles. The fraction of sp³-hybridized carbons (Fsp3) is 0.462. The maximum absolute atomic E-state index is 11.0. The van der Waals surface area contributed by atoms with Gasteiger partial charge >= 0.3 is 0 Å². The highest BCUT2D eigenvalue weighted by Crippen LogP contribution is 2.27. The molecule has 3 nitrogen and oxygen atoms in total. The largest absolute Gasteiger partial charge is 0.289 e. The van der Waals surface area contributed by atoms with Crippen molar-refractivity contribution in [3.05, 3.63) is 33.8 Å². The maximum Gasteiger partial charge on any atom is 0.243 e. The second kappa shape index (κ2) is 5.65. The summed E-state index contributed by atoms with van der Waals surface area (Å²) in [4.78, 5) is 11.0. The first-order valence-electron chi connectivity index (χ1n) is 5.56. The molecule has 0 radical (unpaired) electrons. The highest BCUT2D eigenvalue weighted by Gasteiger charge is 2.15. The molecule has 1 rings (SSSR count). The Hall–Kier alpha value is -0.870. The molecule has 0 fully saturated rings. The zero-order chi connectivity index (χ0) is 13.1. The van der Waals surface area contributed by atoms with Gasteiger partial charge in [-0.1, -0.05) is 48.8 Å². The Kier molecular flexibility index (Phi) is 4.71. The average molecular weight is 300 g/mol. The molecule has 94 valence electrons. The van der Waals surface area contributed by atoms with Crippen LogP contribution in [0.2, 0.25) is 0 Å². The van der Waals surface area contributed by atoms with Crippen molar-refractivity contribution in [2.24, 2.45) is 0 Å². The predicted molar refractivity (Wildman–Crippen MR) is 71.1 cm³/mol. The summed E-state index contributed by atoms with van der Waals surface area (Å²) >= 11 is 3.48. The van der Waals surface area contributed by atoms with Crippen LogP contribution in [0, 0.1) is 0 Å². The first kappa shape index (κ1) is 14.2. The van der Waals surface area contributed by atoms with Crippen LogP contribution in [-0.4, -0.2) is 11.1 Å². The van der Waals surface area contributed by atoms with Gasteiger partial charge in [0, 0.05) is 10.9 Å². The molecule has 0 unspecified atom stereocenters. The molecule has 4 heteroatoms. The van der Waals surface area contributed by atoms with E-state index in [-0.39, 0.29) is 17.7 Å². The van der Waals surface area contributed by atoms with Crippen molar-refractivity contribution in [2.45, 2.75) is 39.0 Å². The van der Waals surface area contributed by atoms with Gasteiger partial charge in [-0.05, 0) is 29.0 Å². The lowest BCUT2D eigenvalue weighted by Crippen LogP contribution is -2.19. The van der Waals surface area contributed by atoms with Crippen LogP contribution in [0.25, 0.3) is 0 Å². The summed E-state index contributed by atoms with van der Waals surface area (Å²) in [7, 11) is 0. The average Bonchev–Trinajstić information content (AvgIpc) is 2.26. The molecular formula is C13H18BrNO2. The molecular weight excluding hydrogens is 282 g/mol. The molecule has 2 N–H and O–H groups in total. The van der Waals surface area contributed by atoms with Crippen LogP contribution >= 0.6 is 15.9 Å². The molecule has 0 saturated heterocycles. The molecule has 1 amide bonds. The Labute approximate surface area is 110 Å². The van der Waals surface area contributed by atoms with E-state index in [4.69, 9.17) is 5.21 Å². The highest BCUT2D eigenvalue weighted by molar-refractivity contribution is 9.10. The van der Waals surface area contributed by atoms with Gasteiger partial charge in [-0.2, -0.15) is 0 Å². The van der Waals surface area contributed by atoms with Crippen molar-refractivity contribution in [3.8, 4) is 0 Å². The summed E-state index contributed by atoms with van der Waals surface area (Å²) in [6, 6.07) is 6.20. The Balaban J connectivity index is 2.88. The van der Waals surface area contributed by atoms with E-state index in [1.807, 2.05) is 6.07 Å². The van der Waals surface area contributed by atoms with Crippen molar-refractivity contribution < 1.29 is 10.0 Å². The molecule has 0 aliphatic heterocycles. The zero-order valence-corrected chi connectivity index (χ0v) is 12.0. The van der Waals surface area contributed by atoms with Crippen LogP contribution in [-0.2, 0) is 16.6 Å². The monoisotopic (exact) mass is 299 g/mol. The van der Waals surface area contributed by atoms with Gasteiger partial charge in [0.05, 0.1) is 0 Å². The van der Waals surface area contributed by atoms with E-state index in [0.717, 1.165) is 10.0 Å². The number of hydrogen-bond donors (Lipinski definition) is 2. The quantitative estimate of drug-likeness (QED) is 0.665. The number of nitrogens with one attached hydrogen (secondary N) is 1. The van der Waals surface area contributed by atoms with E-state index in [9.17, 15) is 4.79 Å². The molecule has 0 aromatic heterocycles. The van der Waals surface area contributed by atoms with Gasteiger partial charge in [0.2, 0.25) is 5.91 Å². The van der Waals surface area contributed by atoms with Crippen molar-refractivity contribution in [1.82, 2.24) is 5.48 Å². The van der Waals surface area contributed by atoms with Crippen LogP contribution in [0.15, 0.2) is 22.7 Å². The number of benzene rings is 1. The van der Waals surface area contributed by atoms with E-state index in [1.165, 1.54) is 5.56 Å². The minimum Gasteiger partial charge on any atom is -0.289 e. The number of carbonyl (C=O) groups excluding carboxylic acids is 1. The van der Waals surface area contributed by atoms with Crippen LogP contribution in [0.4, 0.5) is 0 Å². The van der Waals surface area contributed by atoms with Gasteiger partial charge in [-0.25, -0.2) is 5.48 Å². The van der Waals surface area contributed by atoms with Gasteiger partial charge in [0.1, 0.15) is 0 Å². The highest BCUT2D eigenvalue weighted by atomic mass is 79.9. The smallest absolute Gasteiger partial charge is 0.243 e. The van der Waals surface area contributed by atoms with Gasteiger partial charge in [0.25, 0.3) is 0 Å². The Morgan fingerprint density at radius 3 is 2.59 bits per heavy atom. The number of hydroxylamine groups is 1. The molecule has 1 aromatic rings. The van der Waals surface area contributed by atoms with Crippen molar-refractivity contribution in [3.63, 3.8) is 0 Å². The molecule has 0 bridgehead atoms. The Morgan fingerprint density at radius 1 is 1.41 bits per heavy atom. The lowest BCUT2D eigenvalue weighted by atomic mass is 9.86. The number of hydrogen-bond acceptors (Lipinski definition) is 2. The summed E-state index contributed by atoms with van der Waals surface area (Å²) in [5.41, 5.74) is 4.06. The normalized spacial score (nSPS) is 11.4. The third-order valence-corrected chi connectivity index (χ3v) is 3.43. The van der Waals surface area contributed by atoms with E-state index < -0.39 is 0 Å². The molecule has 0 saturated carbocycles.